The van der Waals surface area contributed by atoms with Crippen LogP contribution in [0.25, 0.3) is 0 Å². The summed E-state index contributed by atoms with van der Waals surface area (Å²) in [6.45, 7) is 1.95. The molecule has 4 nitrogen and oxygen atoms in total. The van der Waals surface area contributed by atoms with Gasteiger partial charge in [0.1, 0.15) is 11.4 Å². The number of allylic oxidation sites excluding steroid dienone is 2. The van der Waals surface area contributed by atoms with Crippen molar-refractivity contribution >= 4 is 34.5 Å². The zero-order valence-corrected chi connectivity index (χ0v) is 12.4. The molecular weight excluding hydrogens is 300 g/mol. The number of benzene rings is 2. The standard InChI is InChI=1S/C17H11ClN2O2/c1-8-2-4-10-12(6-8)19-14(16(10)21)15-17(22)11-5-3-9(18)7-13(11)20-15/h2-7,19-20H,1H3/b15-14+. The van der Waals surface area contributed by atoms with E-state index in [1.54, 1.807) is 24.3 Å². The van der Waals surface area contributed by atoms with Gasteiger partial charge in [-0.3, -0.25) is 9.59 Å². The van der Waals surface area contributed by atoms with E-state index >= 15 is 0 Å². The molecule has 0 fully saturated rings. The second-order valence-corrected chi connectivity index (χ2v) is 5.83. The number of Topliss-reactive ketones (excluding diaryl/α,β-unsaturated/α-hetero) is 2. The van der Waals surface area contributed by atoms with E-state index in [0.29, 0.717) is 21.8 Å². The number of carbonyl (C=O) groups excluding carboxylic acids is 2. The molecule has 108 valence electrons. The van der Waals surface area contributed by atoms with Crippen LogP contribution in [0.1, 0.15) is 26.3 Å². The van der Waals surface area contributed by atoms with Gasteiger partial charge in [0.15, 0.2) is 0 Å². The average molecular weight is 311 g/mol. The molecule has 2 aliphatic heterocycles. The van der Waals surface area contributed by atoms with Gasteiger partial charge in [-0.25, -0.2) is 0 Å². The summed E-state index contributed by atoms with van der Waals surface area (Å²) < 4.78 is 0. The molecule has 2 N–H and O–H groups in total. The van der Waals surface area contributed by atoms with Crippen molar-refractivity contribution in [2.45, 2.75) is 6.92 Å². The molecule has 0 aliphatic carbocycles. The molecule has 0 atom stereocenters. The Kier molecular flexibility index (Phi) is 2.65. The van der Waals surface area contributed by atoms with Gasteiger partial charge >= 0.3 is 0 Å². The summed E-state index contributed by atoms with van der Waals surface area (Å²) in [4.78, 5) is 25.0. The summed E-state index contributed by atoms with van der Waals surface area (Å²) in [5.74, 6) is -0.378. The van der Waals surface area contributed by atoms with Gasteiger partial charge < -0.3 is 10.6 Å². The maximum atomic E-state index is 12.5. The van der Waals surface area contributed by atoms with Crippen LogP contribution in [-0.4, -0.2) is 11.6 Å². The van der Waals surface area contributed by atoms with Gasteiger partial charge in [0, 0.05) is 16.1 Å². The number of rotatable bonds is 0. The molecule has 22 heavy (non-hydrogen) atoms. The summed E-state index contributed by atoms with van der Waals surface area (Å²) >= 11 is 5.95. The highest BCUT2D eigenvalue weighted by Crippen LogP contribution is 2.36. The van der Waals surface area contributed by atoms with Crippen LogP contribution in [0.15, 0.2) is 47.8 Å². The molecule has 0 saturated carbocycles. The van der Waals surface area contributed by atoms with Crippen molar-refractivity contribution in [3.8, 4) is 0 Å². The lowest BCUT2D eigenvalue weighted by molar-refractivity contribution is 0.101. The number of halogens is 1. The van der Waals surface area contributed by atoms with Crippen molar-refractivity contribution in [1.29, 1.82) is 0 Å². The predicted octanol–water partition coefficient (Wildman–Crippen LogP) is 3.78. The van der Waals surface area contributed by atoms with Crippen molar-refractivity contribution in [1.82, 2.24) is 0 Å². The first-order valence-corrected chi connectivity index (χ1v) is 7.20. The third-order valence-electron chi connectivity index (χ3n) is 3.87. The monoisotopic (exact) mass is 310 g/mol. The molecule has 0 aromatic heterocycles. The first-order valence-electron chi connectivity index (χ1n) is 6.82. The fourth-order valence-electron chi connectivity index (χ4n) is 2.78. The lowest BCUT2D eigenvalue weighted by Crippen LogP contribution is -2.13. The van der Waals surface area contributed by atoms with Gasteiger partial charge in [-0.05, 0) is 42.8 Å². The van der Waals surface area contributed by atoms with Crippen molar-refractivity contribution in [2.75, 3.05) is 10.6 Å². The van der Waals surface area contributed by atoms with E-state index in [-0.39, 0.29) is 23.0 Å². The maximum absolute atomic E-state index is 12.5. The van der Waals surface area contributed by atoms with E-state index in [0.717, 1.165) is 11.3 Å². The van der Waals surface area contributed by atoms with Crippen molar-refractivity contribution < 1.29 is 9.59 Å². The third kappa shape index (κ3) is 1.77. The molecule has 0 bridgehead atoms. The summed E-state index contributed by atoms with van der Waals surface area (Å²) in [5, 5.41) is 6.61. The molecule has 0 amide bonds. The quantitative estimate of drug-likeness (QED) is 0.727. The highest BCUT2D eigenvalue weighted by Gasteiger charge is 2.34. The number of hydrogen-bond acceptors (Lipinski definition) is 4. The van der Waals surface area contributed by atoms with Gasteiger partial charge in [-0.1, -0.05) is 17.7 Å². The normalized spacial score (nSPS) is 18.8. The number of carbonyl (C=O) groups is 2. The molecule has 0 radical (unpaired) electrons. The predicted molar refractivity (Wildman–Crippen MR) is 85.6 cm³/mol. The molecular formula is C17H11ClN2O2. The Morgan fingerprint density at radius 2 is 1.36 bits per heavy atom. The Morgan fingerprint density at radius 3 is 2.00 bits per heavy atom. The number of anilines is 2. The molecule has 2 aliphatic rings. The van der Waals surface area contributed by atoms with E-state index in [9.17, 15) is 9.59 Å². The Bertz CT molecular complexity index is 826. The summed E-state index contributed by atoms with van der Waals surface area (Å²) in [7, 11) is 0. The van der Waals surface area contributed by atoms with Gasteiger partial charge in [-0.2, -0.15) is 0 Å². The Morgan fingerprint density at radius 1 is 0.818 bits per heavy atom. The van der Waals surface area contributed by atoms with E-state index in [1.807, 2.05) is 19.1 Å². The zero-order valence-electron chi connectivity index (χ0n) is 11.7. The van der Waals surface area contributed by atoms with Gasteiger partial charge in [-0.15, -0.1) is 0 Å². The lowest BCUT2D eigenvalue weighted by atomic mass is 10.1. The number of ketones is 2. The van der Waals surface area contributed by atoms with Crippen molar-refractivity contribution in [2.24, 2.45) is 0 Å². The molecule has 4 rings (SSSR count). The second-order valence-electron chi connectivity index (χ2n) is 5.40. The van der Waals surface area contributed by atoms with Gasteiger partial charge in [0.25, 0.3) is 0 Å². The lowest BCUT2D eigenvalue weighted by Gasteiger charge is -2.04. The van der Waals surface area contributed by atoms with E-state index < -0.39 is 0 Å². The fraction of sp³-hybridized carbons (Fsp3) is 0.0588. The van der Waals surface area contributed by atoms with Crippen LogP contribution in [0, 0.1) is 6.92 Å². The fourth-order valence-corrected chi connectivity index (χ4v) is 2.95. The Labute approximate surface area is 131 Å². The number of nitrogens with one attached hydrogen (secondary N) is 2. The number of fused-ring (bicyclic) bond motifs is 2. The molecule has 2 aromatic carbocycles. The highest BCUT2D eigenvalue weighted by atomic mass is 35.5. The summed E-state index contributed by atoms with van der Waals surface area (Å²) in [6, 6.07) is 10.6. The topological polar surface area (TPSA) is 58.2 Å². The Hall–Kier alpha value is -2.59. The van der Waals surface area contributed by atoms with Crippen LogP contribution < -0.4 is 10.6 Å². The molecule has 0 saturated heterocycles. The summed E-state index contributed by atoms with van der Waals surface area (Å²) in [5.41, 5.74) is 4.07. The SMILES string of the molecule is Cc1ccc2c(c1)N/C(=C1/Nc3cc(Cl)ccc3C1=O)C2=O. The van der Waals surface area contributed by atoms with Crippen LogP contribution in [0.5, 0.6) is 0 Å². The van der Waals surface area contributed by atoms with E-state index in [4.69, 9.17) is 11.6 Å². The molecule has 0 unspecified atom stereocenters. The van der Waals surface area contributed by atoms with Crippen LogP contribution >= 0.6 is 11.6 Å². The van der Waals surface area contributed by atoms with Crippen LogP contribution in [0.4, 0.5) is 11.4 Å². The minimum absolute atomic E-state index is 0.176. The van der Waals surface area contributed by atoms with Crippen LogP contribution in [0.3, 0.4) is 0 Å². The number of hydrogen-bond donors (Lipinski definition) is 2. The minimum atomic E-state index is -0.202. The molecule has 0 spiro atoms. The highest BCUT2D eigenvalue weighted by molar-refractivity contribution is 6.32. The molecule has 2 aromatic rings. The van der Waals surface area contributed by atoms with E-state index in [1.165, 1.54) is 0 Å². The largest absolute Gasteiger partial charge is 0.350 e. The van der Waals surface area contributed by atoms with Crippen LogP contribution in [-0.2, 0) is 0 Å². The zero-order chi connectivity index (χ0) is 15.4. The van der Waals surface area contributed by atoms with E-state index in [2.05, 4.69) is 10.6 Å². The minimum Gasteiger partial charge on any atom is -0.350 e. The summed E-state index contributed by atoms with van der Waals surface area (Å²) in [6.07, 6.45) is 0. The second kappa shape index (κ2) is 4.45. The van der Waals surface area contributed by atoms with Crippen LogP contribution in [0.2, 0.25) is 5.02 Å². The third-order valence-corrected chi connectivity index (χ3v) is 4.10. The first-order chi connectivity index (χ1) is 10.5. The maximum Gasteiger partial charge on any atom is 0.213 e. The number of aryl methyl sites for hydroxylation is 1. The van der Waals surface area contributed by atoms with Crippen molar-refractivity contribution in [3.05, 3.63) is 69.5 Å². The Balaban J connectivity index is 1.82. The average Bonchev–Trinajstić information content (AvgIpc) is 2.96. The van der Waals surface area contributed by atoms with Gasteiger partial charge in [0.05, 0.1) is 11.4 Å². The smallest absolute Gasteiger partial charge is 0.213 e. The van der Waals surface area contributed by atoms with Gasteiger partial charge in [0.2, 0.25) is 11.6 Å². The molecule has 2 heterocycles. The van der Waals surface area contributed by atoms with Crippen molar-refractivity contribution in [3.63, 3.8) is 0 Å². The first kappa shape index (κ1) is 13.1. The molecule has 5 heteroatoms.